The molecule has 3 rings (SSSR count). The van der Waals surface area contributed by atoms with Gasteiger partial charge in [-0.15, -0.1) is 0 Å². The summed E-state index contributed by atoms with van der Waals surface area (Å²) in [5.74, 6) is 0.752. The molecule has 0 heterocycles. The summed E-state index contributed by atoms with van der Waals surface area (Å²) in [5, 5.41) is 11.4. The highest BCUT2D eigenvalue weighted by atomic mass is 32.2. The van der Waals surface area contributed by atoms with Crippen molar-refractivity contribution in [2.45, 2.75) is 9.79 Å². The largest absolute Gasteiger partial charge is 0.497 e. The zero-order chi connectivity index (χ0) is 18.4. The number of rotatable bonds is 6. The average molecular weight is 364 g/mol. The smallest absolute Gasteiger partial charge is 0.283 e. The number of nitro groups is 1. The number of nitro benzene ring substituents is 1. The van der Waals surface area contributed by atoms with E-state index in [-0.39, 0.29) is 10.6 Å². The van der Waals surface area contributed by atoms with Gasteiger partial charge in [0.2, 0.25) is 0 Å². The fraction of sp³-hybridized carbons (Fsp3) is 0.0500. The first-order chi connectivity index (χ1) is 12.7. The van der Waals surface area contributed by atoms with E-state index >= 15 is 0 Å². The van der Waals surface area contributed by atoms with Crippen molar-refractivity contribution in [3.05, 3.63) is 88.5 Å². The van der Waals surface area contributed by atoms with Crippen molar-refractivity contribution in [3.8, 4) is 5.75 Å². The van der Waals surface area contributed by atoms with Crippen molar-refractivity contribution in [3.63, 3.8) is 0 Å². The summed E-state index contributed by atoms with van der Waals surface area (Å²) in [6, 6.07) is 22.0. The topological polar surface area (TPSA) is 64.7 Å². The minimum Gasteiger partial charge on any atom is -0.497 e. The Labute approximate surface area is 155 Å². The van der Waals surface area contributed by atoms with E-state index in [9.17, 15) is 10.1 Å². The number of nitrogens with zero attached hydrogens (tertiary/aromatic N) is 2. The van der Waals surface area contributed by atoms with Gasteiger partial charge in [-0.25, -0.2) is 0 Å². The van der Waals surface area contributed by atoms with Crippen LogP contribution in [0.5, 0.6) is 5.75 Å². The summed E-state index contributed by atoms with van der Waals surface area (Å²) in [5.41, 5.74) is 1.48. The van der Waals surface area contributed by atoms with Gasteiger partial charge in [-0.3, -0.25) is 15.1 Å². The van der Waals surface area contributed by atoms with Crippen LogP contribution in [0, 0.1) is 10.1 Å². The van der Waals surface area contributed by atoms with Crippen LogP contribution in [0.3, 0.4) is 0 Å². The van der Waals surface area contributed by atoms with Crippen molar-refractivity contribution in [2.75, 3.05) is 7.11 Å². The Morgan fingerprint density at radius 2 is 1.77 bits per heavy atom. The number of aliphatic imine (C=N–C) groups is 1. The van der Waals surface area contributed by atoms with Crippen molar-refractivity contribution in [1.82, 2.24) is 0 Å². The maximum atomic E-state index is 11.4. The summed E-state index contributed by atoms with van der Waals surface area (Å²) in [6.07, 6.45) is 1.62. The standard InChI is InChI=1S/C20H16N2O3S/c1-25-17-10-8-16(9-11-17)21-14-15-7-12-20(19(13-15)22(23)24)26-18-5-3-2-4-6-18/h2-14H,1H3. The number of hydrogen-bond acceptors (Lipinski definition) is 5. The van der Waals surface area contributed by atoms with Crippen molar-refractivity contribution < 1.29 is 9.66 Å². The molecule has 3 aromatic rings. The van der Waals surface area contributed by atoms with Gasteiger partial charge in [0.1, 0.15) is 5.75 Å². The summed E-state index contributed by atoms with van der Waals surface area (Å²) in [7, 11) is 1.60. The molecule has 0 aliphatic heterocycles. The number of benzene rings is 3. The molecule has 0 aliphatic rings. The van der Waals surface area contributed by atoms with Crippen molar-refractivity contribution in [2.24, 2.45) is 4.99 Å². The molecule has 0 N–H and O–H groups in total. The molecule has 130 valence electrons. The lowest BCUT2D eigenvalue weighted by Crippen LogP contribution is -1.93. The molecule has 0 bridgehead atoms. The minimum atomic E-state index is -0.365. The normalized spacial score (nSPS) is 10.8. The number of methoxy groups -OCH3 is 1. The Hall–Kier alpha value is -3.12. The molecular formula is C20H16N2O3S. The lowest BCUT2D eigenvalue weighted by atomic mass is 10.2. The third-order valence-electron chi connectivity index (χ3n) is 3.59. The fourth-order valence-corrected chi connectivity index (χ4v) is 3.20. The van der Waals surface area contributed by atoms with E-state index in [1.165, 1.54) is 17.8 Å². The van der Waals surface area contributed by atoms with Crippen molar-refractivity contribution >= 4 is 29.4 Å². The molecule has 0 radical (unpaired) electrons. The van der Waals surface area contributed by atoms with Crippen LogP contribution in [0.25, 0.3) is 0 Å². The van der Waals surface area contributed by atoms with Crippen LogP contribution in [0.4, 0.5) is 11.4 Å². The molecule has 0 aromatic heterocycles. The number of ether oxygens (including phenoxy) is 1. The monoisotopic (exact) mass is 364 g/mol. The van der Waals surface area contributed by atoms with E-state index in [0.29, 0.717) is 10.5 Å². The van der Waals surface area contributed by atoms with Gasteiger partial charge in [0.05, 0.1) is 22.6 Å². The predicted molar refractivity (Wildman–Crippen MR) is 104 cm³/mol. The van der Waals surface area contributed by atoms with Crippen LogP contribution in [-0.2, 0) is 0 Å². The van der Waals surface area contributed by atoms with Crippen LogP contribution in [0.15, 0.2) is 87.6 Å². The van der Waals surface area contributed by atoms with Gasteiger partial charge in [-0.2, -0.15) is 0 Å². The molecule has 0 unspecified atom stereocenters. The van der Waals surface area contributed by atoms with Crippen LogP contribution in [0.1, 0.15) is 5.56 Å². The van der Waals surface area contributed by atoms with E-state index in [1.54, 1.807) is 19.4 Å². The quantitative estimate of drug-likeness (QED) is 0.329. The maximum absolute atomic E-state index is 11.4. The zero-order valence-corrected chi connectivity index (χ0v) is 14.8. The minimum absolute atomic E-state index is 0.0672. The van der Waals surface area contributed by atoms with Gasteiger partial charge < -0.3 is 4.74 Å². The highest BCUT2D eigenvalue weighted by Crippen LogP contribution is 2.35. The predicted octanol–water partition coefficient (Wildman–Crippen LogP) is 5.51. The lowest BCUT2D eigenvalue weighted by Gasteiger charge is -2.04. The molecule has 26 heavy (non-hydrogen) atoms. The van der Waals surface area contributed by atoms with E-state index < -0.39 is 0 Å². The number of hydrogen-bond donors (Lipinski definition) is 0. The summed E-state index contributed by atoms with van der Waals surface area (Å²) in [4.78, 5) is 17.0. The highest BCUT2D eigenvalue weighted by Gasteiger charge is 2.15. The van der Waals surface area contributed by atoms with Crippen molar-refractivity contribution in [1.29, 1.82) is 0 Å². The highest BCUT2D eigenvalue weighted by molar-refractivity contribution is 7.99. The fourth-order valence-electron chi connectivity index (χ4n) is 2.28. The Morgan fingerprint density at radius 3 is 2.42 bits per heavy atom. The molecule has 0 spiro atoms. The molecule has 6 heteroatoms. The molecule has 0 fully saturated rings. The first kappa shape index (κ1) is 17.7. The SMILES string of the molecule is COc1ccc(N=Cc2ccc(Sc3ccccc3)c([N+](=O)[O-])c2)cc1. The van der Waals surface area contributed by atoms with Crippen LogP contribution < -0.4 is 4.74 Å². The second-order valence-corrected chi connectivity index (χ2v) is 6.47. The van der Waals surface area contributed by atoms with Gasteiger partial charge in [0, 0.05) is 17.2 Å². The molecule has 3 aromatic carbocycles. The Morgan fingerprint density at radius 1 is 1.04 bits per heavy atom. The van der Waals surface area contributed by atoms with E-state index in [1.807, 2.05) is 60.7 Å². The average Bonchev–Trinajstić information content (AvgIpc) is 2.68. The van der Waals surface area contributed by atoms with Gasteiger partial charge in [0.15, 0.2) is 0 Å². The molecule has 0 saturated heterocycles. The van der Waals surface area contributed by atoms with Gasteiger partial charge in [-0.1, -0.05) is 36.0 Å². The van der Waals surface area contributed by atoms with E-state index in [2.05, 4.69) is 4.99 Å². The molecule has 0 aliphatic carbocycles. The Balaban J connectivity index is 1.83. The van der Waals surface area contributed by atoms with Gasteiger partial charge in [-0.05, 0) is 48.0 Å². The van der Waals surface area contributed by atoms with Crippen LogP contribution in [-0.4, -0.2) is 18.2 Å². The van der Waals surface area contributed by atoms with Gasteiger partial charge in [0.25, 0.3) is 5.69 Å². The summed E-state index contributed by atoms with van der Waals surface area (Å²) < 4.78 is 5.11. The summed E-state index contributed by atoms with van der Waals surface area (Å²) >= 11 is 1.37. The van der Waals surface area contributed by atoms with E-state index in [0.717, 1.165) is 16.3 Å². The third kappa shape index (κ3) is 4.49. The Kier molecular flexibility index (Phi) is 5.66. The first-order valence-corrected chi connectivity index (χ1v) is 8.67. The second kappa shape index (κ2) is 8.31. The molecule has 0 amide bonds. The molecule has 0 atom stereocenters. The summed E-state index contributed by atoms with van der Waals surface area (Å²) in [6.45, 7) is 0. The molecule has 5 nitrogen and oxygen atoms in total. The Bertz CT molecular complexity index is 926. The maximum Gasteiger partial charge on any atom is 0.283 e. The lowest BCUT2D eigenvalue weighted by molar-refractivity contribution is -0.387. The van der Waals surface area contributed by atoms with E-state index in [4.69, 9.17) is 4.74 Å². The zero-order valence-electron chi connectivity index (χ0n) is 14.0. The molecule has 0 saturated carbocycles. The third-order valence-corrected chi connectivity index (χ3v) is 4.66. The van der Waals surface area contributed by atoms with Crippen LogP contribution >= 0.6 is 11.8 Å². The molecular weight excluding hydrogens is 348 g/mol. The second-order valence-electron chi connectivity index (χ2n) is 5.36. The first-order valence-electron chi connectivity index (χ1n) is 7.85. The van der Waals surface area contributed by atoms with Gasteiger partial charge >= 0.3 is 0 Å². The van der Waals surface area contributed by atoms with Crippen LogP contribution in [0.2, 0.25) is 0 Å².